The molecule has 2 heterocycles. The minimum Gasteiger partial charge on any atom is -0.383 e. The van der Waals surface area contributed by atoms with Gasteiger partial charge in [-0.2, -0.15) is 0 Å². The second kappa shape index (κ2) is 7.93. The summed E-state index contributed by atoms with van der Waals surface area (Å²) in [5.41, 5.74) is 1.22. The van der Waals surface area contributed by atoms with Gasteiger partial charge in [-0.25, -0.2) is 4.98 Å². The van der Waals surface area contributed by atoms with E-state index in [1.165, 1.54) is 10.6 Å². The van der Waals surface area contributed by atoms with Crippen LogP contribution < -0.4 is 10.2 Å². The molecule has 1 N–H and O–H groups in total. The first-order valence-electron chi connectivity index (χ1n) is 7.28. The minimum atomic E-state index is 0.411. The average molecular weight is 299 g/mol. The molecule has 0 spiro atoms. The molecule has 0 radical (unpaired) electrons. The van der Waals surface area contributed by atoms with Crippen molar-refractivity contribution >= 4 is 16.5 Å². The summed E-state index contributed by atoms with van der Waals surface area (Å²) in [6.07, 6.45) is 0.983. The van der Waals surface area contributed by atoms with Gasteiger partial charge in [-0.15, -0.1) is 11.3 Å². The summed E-state index contributed by atoms with van der Waals surface area (Å²) in [6, 6.07) is 0.411. The van der Waals surface area contributed by atoms with Crippen LogP contribution in [0, 0.1) is 0 Å². The topological polar surface area (TPSA) is 46.6 Å². The van der Waals surface area contributed by atoms with Gasteiger partial charge < -0.3 is 19.7 Å². The van der Waals surface area contributed by atoms with Crippen molar-refractivity contribution in [2.75, 3.05) is 44.9 Å². The van der Waals surface area contributed by atoms with E-state index in [1.54, 1.807) is 7.11 Å². The Morgan fingerprint density at radius 2 is 2.40 bits per heavy atom. The lowest BCUT2D eigenvalue weighted by Gasteiger charge is -2.32. The number of anilines is 1. The van der Waals surface area contributed by atoms with Crippen LogP contribution in [0.15, 0.2) is 0 Å². The molecule has 1 aromatic rings. The van der Waals surface area contributed by atoms with Crippen molar-refractivity contribution in [1.82, 2.24) is 10.3 Å². The van der Waals surface area contributed by atoms with Gasteiger partial charge in [0.15, 0.2) is 5.13 Å². The maximum atomic E-state index is 5.50. The van der Waals surface area contributed by atoms with Gasteiger partial charge in [-0.05, 0) is 13.3 Å². The van der Waals surface area contributed by atoms with Crippen molar-refractivity contribution in [2.24, 2.45) is 0 Å². The van der Waals surface area contributed by atoms with Crippen molar-refractivity contribution in [1.29, 1.82) is 0 Å². The number of nitrogens with one attached hydrogen (secondary N) is 1. The van der Waals surface area contributed by atoms with Crippen molar-refractivity contribution < 1.29 is 9.47 Å². The highest BCUT2D eigenvalue weighted by molar-refractivity contribution is 7.15. The number of morpholine rings is 1. The largest absolute Gasteiger partial charge is 0.383 e. The normalized spacial score (nSPS) is 19.6. The van der Waals surface area contributed by atoms with Crippen LogP contribution in [-0.2, 0) is 22.4 Å². The van der Waals surface area contributed by atoms with Crippen LogP contribution in [0.1, 0.15) is 24.4 Å². The Labute approximate surface area is 125 Å². The summed E-state index contributed by atoms with van der Waals surface area (Å²) < 4.78 is 10.6. The molecule has 1 aromatic heterocycles. The highest BCUT2D eigenvalue weighted by Gasteiger charge is 2.23. The number of hydrogen-bond acceptors (Lipinski definition) is 6. The molecule has 2 rings (SSSR count). The van der Waals surface area contributed by atoms with Crippen molar-refractivity contribution in [3.05, 3.63) is 10.6 Å². The van der Waals surface area contributed by atoms with E-state index in [4.69, 9.17) is 14.5 Å². The van der Waals surface area contributed by atoms with Crippen LogP contribution in [0.3, 0.4) is 0 Å². The Hall–Kier alpha value is -0.690. The Morgan fingerprint density at radius 3 is 3.10 bits per heavy atom. The summed E-state index contributed by atoms with van der Waals surface area (Å²) in [5.74, 6) is 0. The van der Waals surface area contributed by atoms with E-state index < -0.39 is 0 Å². The second-order valence-electron chi connectivity index (χ2n) is 5.01. The summed E-state index contributed by atoms with van der Waals surface area (Å²) in [7, 11) is 1.73. The summed E-state index contributed by atoms with van der Waals surface area (Å²) in [5, 5.41) is 4.55. The van der Waals surface area contributed by atoms with E-state index in [0.717, 1.165) is 51.0 Å². The Bertz CT molecular complexity index is 411. The maximum Gasteiger partial charge on any atom is 0.186 e. The molecule has 1 atom stereocenters. The highest BCUT2D eigenvalue weighted by atomic mass is 32.1. The van der Waals surface area contributed by atoms with Gasteiger partial charge in [0.25, 0.3) is 0 Å². The van der Waals surface area contributed by atoms with Crippen molar-refractivity contribution in [3.63, 3.8) is 0 Å². The third-order valence-electron chi connectivity index (χ3n) is 3.48. The fraction of sp³-hybridized carbons (Fsp3) is 0.786. The fourth-order valence-corrected chi connectivity index (χ4v) is 3.54. The SMILES string of the molecule is CCc1nc(N2CCOCC2C)sc1CNCCOC. The zero-order valence-electron chi connectivity index (χ0n) is 12.6. The summed E-state index contributed by atoms with van der Waals surface area (Å²) in [4.78, 5) is 8.53. The van der Waals surface area contributed by atoms with Gasteiger partial charge in [0.05, 0.1) is 31.6 Å². The molecule has 114 valence electrons. The zero-order chi connectivity index (χ0) is 14.4. The smallest absolute Gasteiger partial charge is 0.186 e. The summed E-state index contributed by atoms with van der Waals surface area (Å²) in [6.45, 7) is 9.39. The second-order valence-corrected chi connectivity index (χ2v) is 6.07. The molecule has 1 fully saturated rings. The third kappa shape index (κ3) is 3.91. The number of methoxy groups -OCH3 is 1. The first kappa shape index (κ1) is 15.7. The molecule has 1 aliphatic heterocycles. The van der Waals surface area contributed by atoms with E-state index in [2.05, 4.69) is 24.1 Å². The molecule has 20 heavy (non-hydrogen) atoms. The first-order chi connectivity index (χ1) is 9.76. The Morgan fingerprint density at radius 1 is 1.55 bits per heavy atom. The van der Waals surface area contributed by atoms with Gasteiger partial charge in [-0.1, -0.05) is 6.92 Å². The quantitative estimate of drug-likeness (QED) is 0.776. The fourth-order valence-electron chi connectivity index (χ4n) is 2.29. The lowest BCUT2D eigenvalue weighted by Crippen LogP contribution is -2.43. The zero-order valence-corrected chi connectivity index (χ0v) is 13.5. The number of rotatable bonds is 7. The van der Waals surface area contributed by atoms with E-state index in [9.17, 15) is 0 Å². The molecule has 6 heteroatoms. The van der Waals surface area contributed by atoms with E-state index in [0.29, 0.717) is 6.04 Å². The number of thiazole rings is 1. The van der Waals surface area contributed by atoms with Gasteiger partial charge in [0, 0.05) is 31.6 Å². The molecule has 1 unspecified atom stereocenters. The van der Waals surface area contributed by atoms with Gasteiger partial charge in [0.1, 0.15) is 0 Å². The van der Waals surface area contributed by atoms with Crippen molar-refractivity contribution in [2.45, 2.75) is 32.9 Å². The molecule has 0 saturated carbocycles. The molecule has 5 nitrogen and oxygen atoms in total. The number of ether oxygens (including phenoxy) is 2. The minimum absolute atomic E-state index is 0.411. The van der Waals surface area contributed by atoms with Crippen LogP contribution in [0.4, 0.5) is 5.13 Å². The molecule has 0 aliphatic carbocycles. The molecule has 0 aromatic carbocycles. The Kier molecular flexibility index (Phi) is 6.22. The predicted octanol–water partition coefficient (Wildman–Crippen LogP) is 1.67. The van der Waals surface area contributed by atoms with Crippen LogP contribution in [0.2, 0.25) is 0 Å². The van der Waals surface area contributed by atoms with Gasteiger partial charge >= 0.3 is 0 Å². The van der Waals surface area contributed by atoms with E-state index in [-0.39, 0.29) is 0 Å². The standard InChI is InChI=1S/C14H25N3O2S/c1-4-12-13(9-15-5-7-18-3)20-14(16-12)17-6-8-19-10-11(17)2/h11,15H,4-10H2,1-3H3. The summed E-state index contributed by atoms with van der Waals surface area (Å²) >= 11 is 1.81. The number of aromatic nitrogens is 1. The average Bonchev–Trinajstić information content (AvgIpc) is 2.87. The number of aryl methyl sites for hydroxylation is 1. The van der Waals surface area contributed by atoms with Gasteiger partial charge in [-0.3, -0.25) is 0 Å². The van der Waals surface area contributed by atoms with Gasteiger partial charge in [0.2, 0.25) is 0 Å². The monoisotopic (exact) mass is 299 g/mol. The molecular weight excluding hydrogens is 274 g/mol. The lowest BCUT2D eigenvalue weighted by atomic mass is 10.3. The van der Waals surface area contributed by atoms with Crippen LogP contribution >= 0.6 is 11.3 Å². The Balaban J connectivity index is 2.01. The van der Waals surface area contributed by atoms with Crippen LogP contribution in [0.25, 0.3) is 0 Å². The molecule has 1 saturated heterocycles. The van der Waals surface area contributed by atoms with Crippen LogP contribution in [0.5, 0.6) is 0 Å². The highest BCUT2D eigenvalue weighted by Crippen LogP contribution is 2.29. The maximum absolute atomic E-state index is 5.50. The number of hydrogen-bond donors (Lipinski definition) is 1. The van der Waals surface area contributed by atoms with E-state index in [1.807, 2.05) is 11.3 Å². The first-order valence-corrected chi connectivity index (χ1v) is 8.10. The molecule has 0 bridgehead atoms. The predicted molar refractivity (Wildman–Crippen MR) is 82.7 cm³/mol. The molecule has 0 amide bonds. The van der Waals surface area contributed by atoms with E-state index >= 15 is 0 Å². The van der Waals surface area contributed by atoms with Crippen LogP contribution in [-0.4, -0.2) is 51.0 Å². The third-order valence-corrected chi connectivity index (χ3v) is 4.62. The van der Waals surface area contributed by atoms with Crippen molar-refractivity contribution in [3.8, 4) is 0 Å². The molecular formula is C14H25N3O2S. The number of nitrogens with zero attached hydrogens (tertiary/aromatic N) is 2. The molecule has 1 aliphatic rings. The lowest BCUT2D eigenvalue weighted by molar-refractivity contribution is 0.0989.